The van der Waals surface area contributed by atoms with Crippen LogP contribution in [0.5, 0.6) is 0 Å². The molecular weight excluding hydrogens is 753 g/mol. The predicted octanol–water partition coefficient (Wildman–Crippen LogP) is 15.1. The lowest BCUT2D eigenvalue weighted by atomic mass is 9.93. The summed E-state index contributed by atoms with van der Waals surface area (Å²) in [5, 5.41) is 10.6. The summed E-state index contributed by atoms with van der Waals surface area (Å²) in [7, 11) is 0. The van der Waals surface area contributed by atoms with Crippen LogP contribution in [0.1, 0.15) is 0 Å². The van der Waals surface area contributed by atoms with Crippen molar-refractivity contribution in [1.82, 2.24) is 19.1 Å². The summed E-state index contributed by atoms with van der Waals surface area (Å²) in [6, 6.07) is 78.5. The molecule has 10 aromatic carbocycles. The number of para-hydroxylation sites is 3. The summed E-state index contributed by atoms with van der Waals surface area (Å²) >= 11 is 0. The predicted molar refractivity (Wildman–Crippen MR) is 260 cm³/mol. The summed E-state index contributed by atoms with van der Waals surface area (Å²) in [6.07, 6.45) is 0. The van der Waals surface area contributed by atoms with Crippen LogP contribution >= 0.6 is 0 Å². The van der Waals surface area contributed by atoms with Gasteiger partial charge in [0.2, 0.25) is 5.95 Å². The van der Waals surface area contributed by atoms with E-state index in [1.807, 2.05) is 0 Å². The maximum atomic E-state index is 5.57. The van der Waals surface area contributed by atoms with Crippen molar-refractivity contribution in [3.63, 3.8) is 0 Å². The zero-order valence-electron chi connectivity index (χ0n) is 33.6. The highest BCUT2D eigenvalue weighted by Gasteiger charge is 2.21. The topological polar surface area (TPSA) is 35.6 Å². The maximum Gasteiger partial charge on any atom is 0.235 e. The maximum absolute atomic E-state index is 5.57. The van der Waals surface area contributed by atoms with Crippen molar-refractivity contribution in [2.45, 2.75) is 0 Å². The Morgan fingerprint density at radius 2 is 0.871 bits per heavy atom. The standard InChI is InChI=1S/C58H36N4/c1-3-15-37(16-4-1)42-30-31-47(45-22-10-9-21-44(42)45)57-48-24-11-13-25-51(48)59-58(60-57)62-54-33-29-40(36-50(54)56-43-20-8-7-17-38(43)27-34-55(56)62)39-28-32-53-49(35-39)46-23-12-14-26-52(46)61(53)41-18-5-2-6-19-41/h1-36H. The van der Waals surface area contributed by atoms with Gasteiger partial charge in [0.1, 0.15) is 0 Å². The molecule has 3 aromatic heterocycles. The van der Waals surface area contributed by atoms with Crippen LogP contribution in [-0.4, -0.2) is 19.1 Å². The first-order valence-corrected chi connectivity index (χ1v) is 21.2. The van der Waals surface area contributed by atoms with E-state index in [1.54, 1.807) is 0 Å². The zero-order chi connectivity index (χ0) is 40.7. The Morgan fingerprint density at radius 3 is 1.66 bits per heavy atom. The van der Waals surface area contributed by atoms with Crippen molar-refractivity contribution in [3.8, 4) is 45.1 Å². The largest absolute Gasteiger partial charge is 0.309 e. The number of rotatable bonds is 5. The Morgan fingerprint density at radius 1 is 0.306 bits per heavy atom. The van der Waals surface area contributed by atoms with E-state index in [2.05, 4.69) is 228 Å². The summed E-state index contributed by atoms with van der Waals surface area (Å²) in [5.41, 5.74) is 13.3. The molecule has 0 aliphatic heterocycles. The first-order chi connectivity index (χ1) is 30.8. The highest BCUT2D eigenvalue weighted by molar-refractivity contribution is 6.22. The zero-order valence-corrected chi connectivity index (χ0v) is 33.6. The van der Waals surface area contributed by atoms with Crippen LogP contribution < -0.4 is 0 Å². The highest BCUT2D eigenvalue weighted by Crippen LogP contribution is 2.42. The average molecular weight is 789 g/mol. The third kappa shape index (κ3) is 5.20. The number of hydrogen-bond acceptors (Lipinski definition) is 2. The Labute approximate surface area is 357 Å². The molecule has 0 spiro atoms. The Bertz CT molecular complexity index is 3920. The first-order valence-electron chi connectivity index (χ1n) is 21.2. The number of fused-ring (bicyclic) bond motifs is 10. The molecule has 0 saturated heterocycles. The molecule has 62 heavy (non-hydrogen) atoms. The number of aromatic nitrogens is 4. The van der Waals surface area contributed by atoms with Crippen LogP contribution in [0.4, 0.5) is 0 Å². The van der Waals surface area contributed by atoms with Crippen molar-refractivity contribution in [2.75, 3.05) is 0 Å². The minimum absolute atomic E-state index is 0.646. The molecule has 4 nitrogen and oxygen atoms in total. The van der Waals surface area contributed by atoms with Crippen molar-refractivity contribution < 1.29 is 0 Å². The molecule has 0 fully saturated rings. The van der Waals surface area contributed by atoms with Crippen LogP contribution in [-0.2, 0) is 0 Å². The van der Waals surface area contributed by atoms with Gasteiger partial charge in [0.15, 0.2) is 0 Å². The molecule has 0 N–H and O–H groups in total. The summed E-state index contributed by atoms with van der Waals surface area (Å²) in [4.78, 5) is 10.9. The normalized spacial score (nSPS) is 11.9. The second kappa shape index (κ2) is 13.6. The average Bonchev–Trinajstić information content (AvgIpc) is 3.86. The molecule has 0 aliphatic rings. The smallest absolute Gasteiger partial charge is 0.235 e. The van der Waals surface area contributed by atoms with E-state index < -0.39 is 0 Å². The second-order valence-corrected chi connectivity index (χ2v) is 16.1. The third-order valence-corrected chi connectivity index (χ3v) is 12.7. The molecule has 0 unspecified atom stereocenters. The quantitative estimate of drug-likeness (QED) is 0.174. The third-order valence-electron chi connectivity index (χ3n) is 12.7. The number of hydrogen-bond donors (Lipinski definition) is 0. The van der Waals surface area contributed by atoms with Gasteiger partial charge in [-0.05, 0) is 98.4 Å². The fourth-order valence-electron chi connectivity index (χ4n) is 9.94. The second-order valence-electron chi connectivity index (χ2n) is 16.1. The Kier molecular flexibility index (Phi) is 7.57. The first kappa shape index (κ1) is 34.5. The molecule has 0 saturated carbocycles. The van der Waals surface area contributed by atoms with Gasteiger partial charge in [-0.3, -0.25) is 4.57 Å². The molecule has 0 amide bonds. The van der Waals surface area contributed by atoms with Gasteiger partial charge in [0, 0.05) is 38.2 Å². The Hall–Kier alpha value is -8.34. The van der Waals surface area contributed by atoms with Crippen LogP contribution in [0.3, 0.4) is 0 Å². The van der Waals surface area contributed by atoms with Crippen molar-refractivity contribution in [2.24, 2.45) is 0 Å². The van der Waals surface area contributed by atoms with Gasteiger partial charge in [-0.1, -0.05) is 164 Å². The van der Waals surface area contributed by atoms with Crippen molar-refractivity contribution in [3.05, 3.63) is 218 Å². The van der Waals surface area contributed by atoms with Gasteiger partial charge in [0.25, 0.3) is 0 Å². The van der Waals surface area contributed by atoms with Crippen molar-refractivity contribution in [1.29, 1.82) is 0 Å². The molecule has 3 heterocycles. The minimum Gasteiger partial charge on any atom is -0.309 e. The fraction of sp³-hybridized carbons (Fsp3) is 0. The lowest BCUT2D eigenvalue weighted by Crippen LogP contribution is -2.03. The SMILES string of the molecule is c1ccc(-c2ccc(-c3nc(-n4c5ccc(-c6ccc7c(c6)c6ccccc6n7-c6ccccc6)cc5c5c6ccccc6ccc54)nc4ccccc34)c3ccccc23)cc1. The van der Waals surface area contributed by atoms with Gasteiger partial charge in [-0.25, -0.2) is 9.97 Å². The fourth-order valence-corrected chi connectivity index (χ4v) is 9.94. The van der Waals surface area contributed by atoms with E-state index in [9.17, 15) is 0 Å². The van der Waals surface area contributed by atoms with Crippen LogP contribution in [0.25, 0.3) is 121 Å². The van der Waals surface area contributed by atoms with Gasteiger partial charge in [-0.15, -0.1) is 0 Å². The van der Waals surface area contributed by atoms with Gasteiger partial charge in [-0.2, -0.15) is 0 Å². The van der Waals surface area contributed by atoms with Crippen LogP contribution in [0.2, 0.25) is 0 Å². The van der Waals surface area contributed by atoms with Crippen LogP contribution in [0, 0.1) is 0 Å². The molecule has 0 bridgehead atoms. The molecule has 4 heteroatoms. The summed E-state index contributed by atoms with van der Waals surface area (Å²) in [6.45, 7) is 0. The lowest BCUT2D eigenvalue weighted by molar-refractivity contribution is 1.01. The monoisotopic (exact) mass is 788 g/mol. The van der Waals surface area contributed by atoms with E-state index in [4.69, 9.17) is 9.97 Å². The summed E-state index contributed by atoms with van der Waals surface area (Å²) < 4.78 is 4.64. The van der Waals surface area contributed by atoms with Gasteiger partial charge >= 0.3 is 0 Å². The Balaban J connectivity index is 1.05. The lowest BCUT2D eigenvalue weighted by Gasteiger charge is -2.15. The van der Waals surface area contributed by atoms with E-state index in [-0.39, 0.29) is 0 Å². The summed E-state index contributed by atoms with van der Waals surface area (Å²) in [5.74, 6) is 0.646. The van der Waals surface area contributed by atoms with E-state index in [1.165, 1.54) is 60.0 Å². The van der Waals surface area contributed by atoms with Gasteiger partial charge in [0.05, 0.1) is 33.3 Å². The van der Waals surface area contributed by atoms with Gasteiger partial charge < -0.3 is 4.57 Å². The van der Waals surface area contributed by atoms with Crippen LogP contribution in [0.15, 0.2) is 218 Å². The molecule has 0 aliphatic carbocycles. The number of nitrogens with zero attached hydrogens (tertiary/aromatic N) is 4. The molecule has 13 aromatic rings. The van der Waals surface area contributed by atoms with E-state index in [0.29, 0.717) is 5.95 Å². The number of benzene rings is 10. The minimum atomic E-state index is 0.646. The molecule has 13 rings (SSSR count). The van der Waals surface area contributed by atoms with Crippen molar-refractivity contribution >= 4 is 76.1 Å². The van der Waals surface area contributed by atoms with E-state index >= 15 is 0 Å². The molecular formula is C58H36N4. The molecule has 288 valence electrons. The molecule has 0 radical (unpaired) electrons. The highest BCUT2D eigenvalue weighted by atomic mass is 15.2. The van der Waals surface area contributed by atoms with E-state index in [0.717, 1.165) is 55.2 Å². The molecule has 0 atom stereocenters.